The number of esters is 1. The number of anilines is 1. The van der Waals surface area contributed by atoms with Crippen LogP contribution in [0.25, 0.3) is 0 Å². The third-order valence-electron chi connectivity index (χ3n) is 2.48. The van der Waals surface area contributed by atoms with Crippen LogP contribution >= 0.6 is 0 Å². The first kappa shape index (κ1) is 13.5. The Hall–Kier alpha value is -2.90. The molecule has 2 heterocycles. The molecule has 1 amide bonds. The number of aromatic nitrogens is 3. The van der Waals surface area contributed by atoms with E-state index < -0.39 is 11.9 Å². The van der Waals surface area contributed by atoms with E-state index in [0.29, 0.717) is 5.69 Å². The van der Waals surface area contributed by atoms with Crippen LogP contribution < -0.4 is 10.7 Å². The lowest BCUT2D eigenvalue weighted by Crippen LogP contribution is -2.20. The van der Waals surface area contributed by atoms with Gasteiger partial charge in [-0.05, 0) is 0 Å². The third kappa shape index (κ3) is 3.10. The fourth-order valence-electron chi connectivity index (χ4n) is 1.50. The quantitative estimate of drug-likeness (QED) is 0.764. The number of amides is 1. The summed E-state index contributed by atoms with van der Waals surface area (Å²) in [7, 11) is 1.27. The van der Waals surface area contributed by atoms with Crippen molar-refractivity contribution >= 4 is 17.6 Å². The number of carbonyl (C=O) groups is 2. The summed E-state index contributed by atoms with van der Waals surface area (Å²) in [5, 5.41) is 6.40. The second kappa shape index (κ2) is 5.83. The highest BCUT2D eigenvalue weighted by atomic mass is 16.5. The number of aromatic amines is 1. The van der Waals surface area contributed by atoms with E-state index in [1.165, 1.54) is 42.6 Å². The number of hydrogen-bond acceptors (Lipinski definition) is 5. The summed E-state index contributed by atoms with van der Waals surface area (Å²) in [4.78, 5) is 37.1. The van der Waals surface area contributed by atoms with Crippen molar-refractivity contribution in [3.63, 3.8) is 0 Å². The summed E-state index contributed by atoms with van der Waals surface area (Å²) in [6.45, 7) is -0.0573. The van der Waals surface area contributed by atoms with Crippen molar-refractivity contribution in [1.82, 2.24) is 14.8 Å². The molecule has 20 heavy (non-hydrogen) atoms. The molecule has 2 aromatic rings. The van der Waals surface area contributed by atoms with Gasteiger partial charge in [0.1, 0.15) is 12.1 Å². The minimum Gasteiger partial charge on any atom is -0.468 e. The van der Waals surface area contributed by atoms with Gasteiger partial charge >= 0.3 is 5.97 Å². The number of rotatable bonds is 4. The molecule has 0 spiro atoms. The predicted molar refractivity (Wildman–Crippen MR) is 69.3 cm³/mol. The number of ether oxygens (including phenoxy) is 1. The molecule has 0 aliphatic carbocycles. The van der Waals surface area contributed by atoms with Gasteiger partial charge in [-0.2, -0.15) is 5.10 Å². The summed E-state index contributed by atoms with van der Waals surface area (Å²) >= 11 is 0. The van der Waals surface area contributed by atoms with Gasteiger partial charge in [-0.3, -0.25) is 19.1 Å². The summed E-state index contributed by atoms with van der Waals surface area (Å²) in [6.07, 6.45) is 5.59. The highest BCUT2D eigenvalue weighted by molar-refractivity contribution is 6.03. The van der Waals surface area contributed by atoms with Gasteiger partial charge in [0.2, 0.25) is 0 Å². The molecule has 0 aliphatic heterocycles. The minimum atomic E-state index is -0.551. The van der Waals surface area contributed by atoms with Gasteiger partial charge in [0.05, 0.1) is 19.0 Å². The molecule has 0 fully saturated rings. The van der Waals surface area contributed by atoms with E-state index in [2.05, 4.69) is 20.1 Å². The fraction of sp³-hybridized carbons (Fsp3) is 0.167. The van der Waals surface area contributed by atoms with E-state index in [0.717, 1.165) is 0 Å². The van der Waals surface area contributed by atoms with Crippen LogP contribution in [0.2, 0.25) is 0 Å². The van der Waals surface area contributed by atoms with Crippen LogP contribution in [-0.4, -0.2) is 33.8 Å². The van der Waals surface area contributed by atoms with Crippen molar-refractivity contribution in [1.29, 1.82) is 0 Å². The third-order valence-corrected chi connectivity index (χ3v) is 2.48. The molecule has 2 rings (SSSR count). The van der Waals surface area contributed by atoms with Gasteiger partial charge in [-0.25, -0.2) is 0 Å². The smallest absolute Gasteiger partial charge is 0.327 e. The molecule has 8 nitrogen and oxygen atoms in total. The van der Waals surface area contributed by atoms with Crippen LogP contribution in [0.15, 0.2) is 35.6 Å². The maximum absolute atomic E-state index is 11.9. The normalized spacial score (nSPS) is 10.1. The van der Waals surface area contributed by atoms with E-state index in [1.54, 1.807) is 0 Å². The highest BCUT2D eigenvalue weighted by Gasteiger charge is 2.11. The number of H-pyrrole nitrogens is 1. The first-order chi connectivity index (χ1) is 9.60. The lowest BCUT2D eigenvalue weighted by atomic mass is 10.2. The zero-order valence-corrected chi connectivity index (χ0v) is 10.6. The molecular formula is C12H12N4O4. The average molecular weight is 276 g/mol. The van der Waals surface area contributed by atoms with Crippen LogP contribution in [0.4, 0.5) is 5.69 Å². The Morgan fingerprint density at radius 1 is 1.50 bits per heavy atom. The van der Waals surface area contributed by atoms with Crippen LogP contribution in [-0.2, 0) is 16.1 Å². The standard InChI is InChI=1S/C12H12N4O4/c1-20-11(18)7-16-6-8(4-14-16)15-12(19)9-5-13-3-2-10(9)17/h2-6H,7H2,1H3,(H,13,17)(H,15,19). The first-order valence-electron chi connectivity index (χ1n) is 5.68. The van der Waals surface area contributed by atoms with E-state index in [1.807, 2.05) is 0 Å². The number of hydrogen-bond donors (Lipinski definition) is 2. The molecule has 0 atom stereocenters. The number of methoxy groups -OCH3 is 1. The monoisotopic (exact) mass is 276 g/mol. The summed E-state index contributed by atoms with van der Waals surface area (Å²) in [5.74, 6) is -1.00. The number of carbonyl (C=O) groups excluding carboxylic acids is 2. The molecular weight excluding hydrogens is 264 g/mol. The molecule has 8 heteroatoms. The molecule has 0 unspecified atom stereocenters. The maximum atomic E-state index is 11.9. The Labute approximate surface area is 113 Å². The van der Waals surface area contributed by atoms with Crippen molar-refractivity contribution in [2.75, 3.05) is 12.4 Å². The van der Waals surface area contributed by atoms with Crippen molar-refractivity contribution in [3.8, 4) is 0 Å². The van der Waals surface area contributed by atoms with E-state index in [9.17, 15) is 14.4 Å². The van der Waals surface area contributed by atoms with Gasteiger partial charge in [0, 0.05) is 24.7 Å². The van der Waals surface area contributed by atoms with Gasteiger partial charge < -0.3 is 15.0 Å². The van der Waals surface area contributed by atoms with E-state index >= 15 is 0 Å². The number of nitrogens with zero attached hydrogens (tertiary/aromatic N) is 2. The Kier molecular flexibility index (Phi) is 3.94. The van der Waals surface area contributed by atoms with Crippen molar-refractivity contribution in [2.45, 2.75) is 6.54 Å². The van der Waals surface area contributed by atoms with Crippen molar-refractivity contribution < 1.29 is 14.3 Å². The molecule has 0 saturated carbocycles. The Morgan fingerprint density at radius 3 is 3.00 bits per heavy atom. The van der Waals surface area contributed by atoms with Crippen LogP contribution in [0, 0.1) is 0 Å². The molecule has 0 aliphatic rings. The van der Waals surface area contributed by atoms with Crippen LogP contribution in [0.3, 0.4) is 0 Å². The zero-order valence-electron chi connectivity index (χ0n) is 10.6. The molecule has 2 N–H and O–H groups in total. The molecule has 0 bridgehead atoms. The minimum absolute atomic E-state index is 0.00628. The zero-order chi connectivity index (χ0) is 14.5. The van der Waals surface area contributed by atoms with Crippen molar-refractivity contribution in [3.05, 3.63) is 46.6 Å². The van der Waals surface area contributed by atoms with E-state index in [-0.39, 0.29) is 17.5 Å². The summed E-state index contributed by atoms with van der Waals surface area (Å²) in [5.41, 5.74) is -0.0152. The lowest BCUT2D eigenvalue weighted by molar-refractivity contribution is -0.141. The first-order valence-corrected chi connectivity index (χ1v) is 5.68. The second-order valence-corrected chi connectivity index (χ2v) is 3.88. The molecule has 2 aromatic heterocycles. The van der Waals surface area contributed by atoms with E-state index in [4.69, 9.17) is 0 Å². The van der Waals surface area contributed by atoms with Crippen LogP contribution in [0.1, 0.15) is 10.4 Å². The molecule has 0 aromatic carbocycles. The number of pyridine rings is 1. The molecule has 0 radical (unpaired) electrons. The SMILES string of the molecule is COC(=O)Cn1cc(NC(=O)c2c[nH]ccc2=O)cn1. The maximum Gasteiger partial charge on any atom is 0.327 e. The number of nitrogens with one attached hydrogen (secondary N) is 2. The average Bonchev–Trinajstić information content (AvgIpc) is 2.86. The largest absolute Gasteiger partial charge is 0.468 e. The van der Waals surface area contributed by atoms with Gasteiger partial charge in [-0.15, -0.1) is 0 Å². The van der Waals surface area contributed by atoms with Crippen LogP contribution in [0.5, 0.6) is 0 Å². The van der Waals surface area contributed by atoms with Gasteiger partial charge in [-0.1, -0.05) is 0 Å². The van der Waals surface area contributed by atoms with Gasteiger partial charge in [0.25, 0.3) is 5.91 Å². The Morgan fingerprint density at radius 2 is 2.30 bits per heavy atom. The molecule has 104 valence electrons. The fourth-order valence-corrected chi connectivity index (χ4v) is 1.50. The van der Waals surface area contributed by atoms with Crippen molar-refractivity contribution in [2.24, 2.45) is 0 Å². The summed E-state index contributed by atoms with van der Waals surface area (Å²) in [6, 6.07) is 1.26. The summed E-state index contributed by atoms with van der Waals surface area (Å²) < 4.78 is 5.81. The lowest BCUT2D eigenvalue weighted by Gasteiger charge is -2.01. The second-order valence-electron chi connectivity index (χ2n) is 3.88. The molecule has 0 saturated heterocycles. The Balaban J connectivity index is 2.07. The highest BCUT2D eigenvalue weighted by Crippen LogP contribution is 2.06. The van der Waals surface area contributed by atoms with Gasteiger partial charge in [0.15, 0.2) is 5.43 Å². The predicted octanol–water partition coefficient (Wildman–Crippen LogP) is -0.00330. The topological polar surface area (TPSA) is 106 Å². The Bertz CT molecular complexity index is 689.